The number of aryl methyl sites for hydroxylation is 1. The van der Waals surface area contributed by atoms with Gasteiger partial charge in [-0.3, -0.25) is 4.79 Å². The minimum atomic E-state index is -4.57. The second-order valence-corrected chi connectivity index (χ2v) is 4.70. The number of benzene rings is 1. The van der Waals surface area contributed by atoms with Gasteiger partial charge in [-0.1, -0.05) is 11.6 Å². The van der Waals surface area contributed by atoms with E-state index < -0.39 is 17.6 Å². The first-order valence-corrected chi connectivity index (χ1v) is 6.20. The van der Waals surface area contributed by atoms with E-state index in [-0.39, 0.29) is 17.1 Å². The van der Waals surface area contributed by atoms with E-state index in [1.54, 1.807) is 6.92 Å². The van der Waals surface area contributed by atoms with Crippen LogP contribution in [0.2, 0.25) is 5.02 Å². The number of halogens is 4. The van der Waals surface area contributed by atoms with Crippen LogP contribution < -0.4 is 5.32 Å². The fourth-order valence-electron chi connectivity index (χ4n) is 1.65. The van der Waals surface area contributed by atoms with Gasteiger partial charge in [-0.15, -0.1) is 0 Å². The molecular weight excluding hydrogens is 309 g/mol. The van der Waals surface area contributed by atoms with Crippen molar-refractivity contribution in [2.75, 3.05) is 0 Å². The van der Waals surface area contributed by atoms with Crippen LogP contribution in [-0.2, 0) is 12.7 Å². The number of hydrogen-bond donors (Lipinski definition) is 1. The SMILES string of the molecule is Cc1ocnc1CNC(=O)c1cc(Cl)cc(C(F)(F)F)c1. The molecule has 0 saturated carbocycles. The van der Waals surface area contributed by atoms with Gasteiger partial charge >= 0.3 is 6.18 Å². The van der Waals surface area contributed by atoms with Crippen LogP contribution in [0.4, 0.5) is 13.2 Å². The Bertz CT molecular complexity index is 668. The van der Waals surface area contributed by atoms with Crippen LogP contribution >= 0.6 is 11.6 Å². The summed E-state index contributed by atoms with van der Waals surface area (Å²) in [6.07, 6.45) is -3.35. The lowest BCUT2D eigenvalue weighted by Gasteiger charge is -2.10. The molecular formula is C13H10ClF3N2O2. The van der Waals surface area contributed by atoms with E-state index in [2.05, 4.69) is 10.3 Å². The van der Waals surface area contributed by atoms with Crippen molar-refractivity contribution in [1.82, 2.24) is 10.3 Å². The van der Waals surface area contributed by atoms with Crippen molar-refractivity contribution in [3.63, 3.8) is 0 Å². The number of rotatable bonds is 3. The average Bonchev–Trinajstić information content (AvgIpc) is 2.79. The molecule has 1 aromatic heterocycles. The lowest BCUT2D eigenvalue weighted by molar-refractivity contribution is -0.137. The van der Waals surface area contributed by atoms with Crippen molar-refractivity contribution in [3.8, 4) is 0 Å². The monoisotopic (exact) mass is 318 g/mol. The maximum atomic E-state index is 12.7. The number of nitrogens with one attached hydrogen (secondary N) is 1. The third-order valence-corrected chi connectivity index (χ3v) is 2.97. The van der Waals surface area contributed by atoms with Gasteiger partial charge in [-0.05, 0) is 25.1 Å². The molecule has 0 saturated heterocycles. The summed E-state index contributed by atoms with van der Waals surface area (Å²) in [5.74, 6) is -0.150. The number of carbonyl (C=O) groups excluding carboxylic acids is 1. The Hall–Kier alpha value is -2.02. The number of aromatic nitrogens is 1. The molecule has 1 aromatic carbocycles. The molecule has 0 bridgehead atoms. The first kappa shape index (κ1) is 15.4. The third kappa shape index (κ3) is 3.75. The lowest BCUT2D eigenvalue weighted by Crippen LogP contribution is -2.23. The third-order valence-electron chi connectivity index (χ3n) is 2.75. The molecule has 0 fully saturated rings. The largest absolute Gasteiger partial charge is 0.448 e. The molecule has 112 valence electrons. The van der Waals surface area contributed by atoms with Gasteiger partial charge in [-0.2, -0.15) is 13.2 Å². The Morgan fingerprint density at radius 2 is 2.10 bits per heavy atom. The molecule has 0 aliphatic heterocycles. The predicted octanol–water partition coefficient (Wildman–Crippen LogP) is 3.59. The number of alkyl halides is 3. The second kappa shape index (κ2) is 5.77. The Balaban J connectivity index is 2.16. The van der Waals surface area contributed by atoms with Gasteiger partial charge < -0.3 is 9.73 Å². The van der Waals surface area contributed by atoms with Crippen LogP contribution in [0.3, 0.4) is 0 Å². The summed E-state index contributed by atoms with van der Waals surface area (Å²) in [6.45, 7) is 1.71. The highest BCUT2D eigenvalue weighted by Crippen LogP contribution is 2.31. The molecule has 0 aliphatic rings. The van der Waals surface area contributed by atoms with E-state index in [0.717, 1.165) is 12.1 Å². The minimum Gasteiger partial charge on any atom is -0.448 e. The summed E-state index contributed by atoms with van der Waals surface area (Å²) >= 11 is 5.62. The summed E-state index contributed by atoms with van der Waals surface area (Å²) < 4.78 is 42.9. The van der Waals surface area contributed by atoms with Crippen molar-refractivity contribution in [3.05, 3.63) is 52.2 Å². The highest BCUT2D eigenvalue weighted by atomic mass is 35.5. The van der Waals surface area contributed by atoms with E-state index in [1.165, 1.54) is 12.5 Å². The standard InChI is InChI=1S/C13H10ClF3N2O2/c1-7-11(19-6-21-7)5-18-12(20)8-2-9(13(15,16)17)4-10(14)3-8/h2-4,6H,5H2,1H3,(H,18,20). The molecule has 0 unspecified atom stereocenters. The molecule has 0 radical (unpaired) electrons. The zero-order valence-corrected chi connectivity index (χ0v) is 11.5. The van der Waals surface area contributed by atoms with Crippen LogP contribution in [0.1, 0.15) is 27.4 Å². The zero-order valence-electron chi connectivity index (χ0n) is 10.8. The highest BCUT2D eigenvalue weighted by Gasteiger charge is 2.31. The number of amides is 1. The molecule has 1 amide bonds. The van der Waals surface area contributed by atoms with Gasteiger partial charge in [0.1, 0.15) is 11.5 Å². The van der Waals surface area contributed by atoms with Crippen molar-refractivity contribution >= 4 is 17.5 Å². The molecule has 8 heteroatoms. The van der Waals surface area contributed by atoms with Gasteiger partial charge in [-0.25, -0.2) is 4.98 Å². The van der Waals surface area contributed by atoms with Crippen molar-refractivity contribution in [2.24, 2.45) is 0 Å². The Labute approximate surface area is 122 Å². The van der Waals surface area contributed by atoms with Crippen LogP contribution in [0.25, 0.3) is 0 Å². The number of oxazole rings is 1. The summed E-state index contributed by atoms with van der Waals surface area (Å²) in [5, 5.41) is 2.30. The van der Waals surface area contributed by atoms with E-state index in [9.17, 15) is 18.0 Å². The van der Waals surface area contributed by atoms with Gasteiger partial charge in [0.15, 0.2) is 6.39 Å². The lowest BCUT2D eigenvalue weighted by atomic mass is 10.1. The summed E-state index contributed by atoms with van der Waals surface area (Å²) in [6, 6.07) is 2.68. The topological polar surface area (TPSA) is 55.1 Å². The van der Waals surface area contributed by atoms with E-state index >= 15 is 0 Å². The summed E-state index contributed by atoms with van der Waals surface area (Å²) in [5.41, 5.74) is -0.643. The molecule has 1 N–H and O–H groups in total. The van der Waals surface area contributed by atoms with Crippen LogP contribution in [0.5, 0.6) is 0 Å². The zero-order chi connectivity index (χ0) is 15.6. The highest BCUT2D eigenvalue weighted by molar-refractivity contribution is 6.31. The maximum Gasteiger partial charge on any atom is 0.416 e. The average molecular weight is 319 g/mol. The Kier molecular flexibility index (Phi) is 4.22. The normalized spacial score (nSPS) is 11.5. The fraction of sp³-hybridized carbons (Fsp3) is 0.231. The molecule has 2 rings (SSSR count). The van der Waals surface area contributed by atoms with Gasteiger partial charge in [0, 0.05) is 10.6 Å². The van der Waals surface area contributed by atoms with Gasteiger partial charge in [0.2, 0.25) is 0 Å². The van der Waals surface area contributed by atoms with E-state index in [4.69, 9.17) is 16.0 Å². The van der Waals surface area contributed by atoms with Crippen molar-refractivity contribution < 1.29 is 22.4 Å². The summed E-state index contributed by atoms with van der Waals surface area (Å²) in [7, 11) is 0. The summed E-state index contributed by atoms with van der Waals surface area (Å²) in [4.78, 5) is 15.8. The predicted molar refractivity (Wildman–Crippen MR) is 68.9 cm³/mol. The first-order chi connectivity index (χ1) is 9.77. The van der Waals surface area contributed by atoms with E-state index in [0.29, 0.717) is 11.5 Å². The molecule has 1 heterocycles. The maximum absolute atomic E-state index is 12.7. The number of nitrogens with zero attached hydrogens (tertiary/aromatic N) is 1. The fourth-order valence-corrected chi connectivity index (χ4v) is 1.88. The Morgan fingerprint density at radius 1 is 1.38 bits per heavy atom. The molecule has 0 atom stereocenters. The molecule has 0 aliphatic carbocycles. The first-order valence-electron chi connectivity index (χ1n) is 5.82. The van der Waals surface area contributed by atoms with Crippen LogP contribution in [-0.4, -0.2) is 10.9 Å². The minimum absolute atomic E-state index is 0.0506. The molecule has 21 heavy (non-hydrogen) atoms. The smallest absolute Gasteiger partial charge is 0.416 e. The number of hydrogen-bond acceptors (Lipinski definition) is 3. The van der Waals surface area contributed by atoms with Crippen LogP contribution in [0.15, 0.2) is 29.0 Å². The van der Waals surface area contributed by atoms with Crippen LogP contribution in [0, 0.1) is 6.92 Å². The van der Waals surface area contributed by atoms with Gasteiger partial charge in [0.25, 0.3) is 5.91 Å². The van der Waals surface area contributed by atoms with Crippen molar-refractivity contribution in [1.29, 1.82) is 0 Å². The Morgan fingerprint density at radius 3 is 2.67 bits per heavy atom. The quantitative estimate of drug-likeness (QED) is 0.941. The second-order valence-electron chi connectivity index (χ2n) is 4.26. The molecule has 4 nitrogen and oxygen atoms in total. The van der Waals surface area contributed by atoms with Crippen molar-refractivity contribution in [2.45, 2.75) is 19.6 Å². The molecule has 0 spiro atoms. The van der Waals surface area contributed by atoms with Gasteiger partial charge in [0.05, 0.1) is 12.1 Å². The number of carbonyl (C=O) groups is 1. The molecule has 2 aromatic rings. The van der Waals surface area contributed by atoms with E-state index in [1.807, 2.05) is 0 Å².